The van der Waals surface area contributed by atoms with E-state index >= 15 is 0 Å². The summed E-state index contributed by atoms with van der Waals surface area (Å²) in [5, 5.41) is 7.23. The normalized spacial score (nSPS) is 16.2. The quantitative estimate of drug-likeness (QED) is 0.541. The Labute approximate surface area is 193 Å². The first-order valence-electron chi connectivity index (χ1n) is 10.7. The van der Waals surface area contributed by atoms with Crippen LogP contribution in [0.4, 0.5) is 13.2 Å². The summed E-state index contributed by atoms with van der Waals surface area (Å²) in [5.74, 6) is -0.695. The van der Waals surface area contributed by atoms with E-state index in [-0.39, 0.29) is 18.3 Å². The lowest BCUT2D eigenvalue weighted by Crippen LogP contribution is -2.26. The molecule has 1 N–H and O–H groups in total. The van der Waals surface area contributed by atoms with Crippen molar-refractivity contribution >= 4 is 5.91 Å². The SMILES string of the molecule is COc1ccncc1-c1cc(CNC(=O)c2ccccc2OC(F)(F)F)nn1C1CCCCO1. The van der Waals surface area contributed by atoms with E-state index in [1.54, 1.807) is 36.3 Å². The molecule has 0 spiro atoms. The van der Waals surface area contributed by atoms with Crippen molar-refractivity contribution in [2.75, 3.05) is 13.7 Å². The summed E-state index contributed by atoms with van der Waals surface area (Å²) in [5.41, 5.74) is 1.66. The lowest BCUT2D eigenvalue weighted by Gasteiger charge is -2.24. The summed E-state index contributed by atoms with van der Waals surface area (Å²) in [6, 6.07) is 8.67. The number of halogens is 3. The number of methoxy groups -OCH3 is 1. The fraction of sp³-hybridized carbons (Fsp3) is 0.348. The zero-order chi connectivity index (χ0) is 24.1. The molecule has 11 heteroatoms. The second-order valence-corrected chi connectivity index (χ2v) is 7.59. The summed E-state index contributed by atoms with van der Waals surface area (Å²) in [6.07, 6.45) is 0.781. The Hall–Kier alpha value is -3.60. The highest BCUT2D eigenvalue weighted by Gasteiger charge is 2.33. The molecule has 0 saturated carbocycles. The van der Waals surface area contributed by atoms with Crippen LogP contribution < -0.4 is 14.8 Å². The van der Waals surface area contributed by atoms with E-state index in [1.807, 2.05) is 0 Å². The molecule has 34 heavy (non-hydrogen) atoms. The number of pyridine rings is 1. The van der Waals surface area contributed by atoms with E-state index < -0.39 is 18.0 Å². The third-order valence-electron chi connectivity index (χ3n) is 5.28. The second kappa shape index (κ2) is 10.1. The van der Waals surface area contributed by atoms with Crippen molar-refractivity contribution in [2.45, 2.75) is 38.4 Å². The number of amides is 1. The van der Waals surface area contributed by atoms with Crippen molar-refractivity contribution in [1.82, 2.24) is 20.1 Å². The molecule has 1 amide bonds. The summed E-state index contributed by atoms with van der Waals surface area (Å²) >= 11 is 0. The molecule has 1 unspecified atom stereocenters. The Morgan fingerprint density at radius 1 is 1.24 bits per heavy atom. The number of ether oxygens (including phenoxy) is 3. The van der Waals surface area contributed by atoms with E-state index in [4.69, 9.17) is 9.47 Å². The number of para-hydroxylation sites is 1. The molecule has 4 rings (SSSR count). The van der Waals surface area contributed by atoms with Crippen molar-refractivity contribution in [3.05, 3.63) is 60.0 Å². The Balaban J connectivity index is 1.59. The summed E-state index contributed by atoms with van der Waals surface area (Å²) in [7, 11) is 1.55. The fourth-order valence-corrected chi connectivity index (χ4v) is 3.75. The van der Waals surface area contributed by atoms with Gasteiger partial charge < -0.3 is 19.5 Å². The lowest BCUT2D eigenvalue weighted by molar-refractivity contribution is -0.274. The van der Waals surface area contributed by atoms with Gasteiger partial charge in [0.15, 0.2) is 6.23 Å². The maximum atomic E-state index is 12.7. The van der Waals surface area contributed by atoms with Gasteiger partial charge in [0.25, 0.3) is 5.91 Å². The van der Waals surface area contributed by atoms with Gasteiger partial charge in [0.2, 0.25) is 0 Å². The summed E-state index contributed by atoms with van der Waals surface area (Å²) in [6.45, 7) is 0.588. The Morgan fingerprint density at radius 3 is 2.79 bits per heavy atom. The first kappa shape index (κ1) is 23.6. The van der Waals surface area contributed by atoms with Gasteiger partial charge >= 0.3 is 6.36 Å². The molecule has 3 heterocycles. The Bertz CT molecular complexity index is 1140. The van der Waals surface area contributed by atoms with Crippen LogP contribution in [-0.2, 0) is 11.3 Å². The van der Waals surface area contributed by atoms with Crippen molar-refractivity contribution in [3.63, 3.8) is 0 Å². The van der Waals surface area contributed by atoms with Crippen LogP contribution in [0.15, 0.2) is 48.8 Å². The number of nitrogens with zero attached hydrogens (tertiary/aromatic N) is 3. The van der Waals surface area contributed by atoms with Crippen LogP contribution in [0, 0.1) is 0 Å². The smallest absolute Gasteiger partial charge is 0.496 e. The van der Waals surface area contributed by atoms with Crippen molar-refractivity contribution < 1.29 is 32.2 Å². The van der Waals surface area contributed by atoms with Gasteiger partial charge in [-0.25, -0.2) is 4.68 Å². The number of aromatic nitrogens is 3. The van der Waals surface area contributed by atoms with E-state index in [0.29, 0.717) is 29.3 Å². The maximum absolute atomic E-state index is 12.7. The van der Waals surface area contributed by atoms with Crippen LogP contribution in [0.25, 0.3) is 11.3 Å². The zero-order valence-corrected chi connectivity index (χ0v) is 18.3. The molecular weight excluding hydrogens is 453 g/mol. The largest absolute Gasteiger partial charge is 0.573 e. The van der Waals surface area contributed by atoms with Gasteiger partial charge in [-0.15, -0.1) is 13.2 Å². The van der Waals surface area contributed by atoms with Crippen LogP contribution in [0.5, 0.6) is 11.5 Å². The van der Waals surface area contributed by atoms with Gasteiger partial charge in [0.05, 0.1) is 36.2 Å². The third kappa shape index (κ3) is 5.48. The molecule has 1 aliphatic heterocycles. The van der Waals surface area contributed by atoms with Crippen molar-refractivity contribution in [3.8, 4) is 22.8 Å². The predicted molar refractivity (Wildman–Crippen MR) is 115 cm³/mol. The van der Waals surface area contributed by atoms with E-state index in [2.05, 4.69) is 20.1 Å². The average Bonchev–Trinajstić information content (AvgIpc) is 3.26. The highest BCUT2D eigenvalue weighted by molar-refractivity contribution is 5.96. The number of carbonyl (C=O) groups is 1. The molecule has 1 fully saturated rings. The van der Waals surface area contributed by atoms with Gasteiger partial charge in [0, 0.05) is 19.0 Å². The number of hydrogen-bond donors (Lipinski definition) is 1. The minimum absolute atomic E-state index is 0.0194. The maximum Gasteiger partial charge on any atom is 0.573 e. The van der Waals surface area contributed by atoms with Crippen molar-refractivity contribution in [2.24, 2.45) is 0 Å². The first-order valence-corrected chi connectivity index (χ1v) is 10.7. The number of alkyl halides is 3. The highest BCUT2D eigenvalue weighted by Crippen LogP contribution is 2.34. The molecule has 0 aliphatic carbocycles. The number of benzene rings is 1. The number of hydrogen-bond acceptors (Lipinski definition) is 6. The van der Waals surface area contributed by atoms with Crippen LogP contribution >= 0.6 is 0 Å². The van der Waals surface area contributed by atoms with Crippen LogP contribution in [0.3, 0.4) is 0 Å². The van der Waals surface area contributed by atoms with E-state index in [9.17, 15) is 18.0 Å². The molecule has 8 nitrogen and oxygen atoms in total. The van der Waals surface area contributed by atoms with Gasteiger partial charge in [0.1, 0.15) is 11.5 Å². The number of rotatable bonds is 7. The fourth-order valence-electron chi connectivity index (χ4n) is 3.75. The standard InChI is InChI=1S/C23H23F3N4O4/c1-32-19-9-10-27-14-17(19)18-12-15(29-30(18)21-8-4-5-11-33-21)13-28-22(31)16-6-2-3-7-20(16)34-23(24,25)26/h2-3,6-7,9-10,12,14,21H,4-5,8,11,13H2,1H3,(H,28,31). The molecule has 0 bridgehead atoms. The summed E-state index contributed by atoms with van der Waals surface area (Å²) in [4.78, 5) is 16.8. The minimum atomic E-state index is -4.91. The zero-order valence-electron chi connectivity index (χ0n) is 18.3. The monoisotopic (exact) mass is 476 g/mol. The van der Waals surface area contributed by atoms with Crippen LogP contribution in [0.1, 0.15) is 41.5 Å². The van der Waals surface area contributed by atoms with Gasteiger partial charge in [-0.3, -0.25) is 9.78 Å². The van der Waals surface area contributed by atoms with Crippen molar-refractivity contribution in [1.29, 1.82) is 0 Å². The van der Waals surface area contributed by atoms with Crippen LogP contribution in [-0.4, -0.2) is 40.8 Å². The predicted octanol–water partition coefficient (Wildman–Crippen LogP) is 4.48. The van der Waals surface area contributed by atoms with Gasteiger partial charge in [-0.1, -0.05) is 12.1 Å². The molecule has 0 radical (unpaired) electrons. The minimum Gasteiger partial charge on any atom is -0.496 e. The van der Waals surface area contributed by atoms with Gasteiger partial charge in [-0.2, -0.15) is 5.10 Å². The van der Waals surface area contributed by atoms with Gasteiger partial charge in [-0.05, 0) is 43.5 Å². The molecule has 1 aromatic carbocycles. The molecule has 180 valence electrons. The molecule has 1 atom stereocenters. The summed E-state index contributed by atoms with van der Waals surface area (Å²) < 4.78 is 55.1. The highest BCUT2D eigenvalue weighted by atomic mass is 19.4. The van der Waals surface area contributed by atoms with E-state index in [1.165, 1.54) is 18.2 Å². The number of nitrogens with one attached hydrogen (secondary N) is 1. The number of carbonyl (C=O) groups excluding carboxylic acids is 1. The Kier molecular flexibility index (Phi) is 7.01. The molecule has 3 aromatic rings. The molecule has 2 aromatic heterocycles. The topological polar surface area (TPSA) is 87.5 Å². The van der Waals surface area contributed by atoms with Crippen LogP contribution in [0.2, 0.25) is 0 Å². The third-order valence-corrected chi connectivity index (χ3v) is 5.28. The first-order chi connectivity index (χ1) is 16.4. The molecule has 1 aliphatic rings. The lowest BCUT2D eigenvalue weighted by atomic mass is 10.1. The Morgan fingerprint density at radius 2 is 2.06 bits per heavy atom. The van der Waals surface area contributed by atoms with E-state index in [0.717, 1.165) is 25.3 Å². The second-order valence-electron chi connectivity index (χ2n) is 7.59. The molecular formula is C23H23F3N4O4. The molecule has 1 saturated heterocycles. The average molecular weight is 476 g/mol.